The topological polar surface area (TPSA) is 51.0 Å². The number of halogens is 2. The molecule has 20 heavy (non-hydrogen) atoms. The Balaban J connectivity index is 1.73. The Morgan fingerprint density at radius 3 is 2.85 bits per heavy atom. The standard InChI is InChI=1S/C14H15F2N3O/c1-8(10-6-17-7-10)14-18-13(19-20-14)4-9-2-3-11(15)5-12(9)16/h2-3,5,8,10,17H,4,6-7H2,1H3. The molecule has 1 atom stereocenters. The van der Waals surface area contributed by atoms with Crippen molar-refractivity contribution in [3.8, 4) is 0 Å². The first kappa shape index (κ1) is 13.2. The molecule has 0 amide bonds. The van der Waals surface area contributed by atoms with E-state index >= 15 is 0 Å². The predicted molar refractivity (Wildman–Crippen MR) is 68.2 cm³/mol. The number of benzene rings is 1. The number of hydrogen-bond donors (Lipinski definition) is 1. The van der Waals surface area contributed by atoms with Gasteiger partial charge in [0.25, 0.3) is 0 Å². The van der Waals surface area contributed by atoms with Crippen LogP contribution in [0.15, 0.2) is 22.7 Å². The lowest BCUT2D eigenvalue weighted by atomic mass is 9.89. The third-order valence-corrected chi connectivity index (χ3v) is 3.76. The third kappa shape index (κ3) is 2.56. The fourth-order valence-corrected chi connectivity index (χ4v) is 2.23. The molecule has 1 saturated heterocycles. The van der Waals surface area contributed by atoms with Crippen LogP contribution >= 0.6 is 0 Å². The molecular weight excluding hydrogens is 264 g/mol. The lowest BCUT2D eigenvalue weighted by Crippen LogP contribution is -2.44. The summed E-state index contributed by atoms with van der Waals surface area (Å²) in [5, 5.41) is 7.07. The maximum absolute atomic E-state index is 13.6. The average Bonchev–Trinajstić information content (AvgIpc) is 2.79. The normalized spacial score (nSPS) is 16.9. The minimum atomic E-state index is -0.592. The first-order valence-corrected chi connectivity index (χ1v) is 6.60. The Morgan fingerprint density at radius 1 is 1.40 bits per heavy atom. The second-order valence-electron chi connectivity index (χ2n) is 5.17. The lowest BCUT2D eigenvalue weighted by molar-refractivity contribution is 0.252. The highest BCUT2D eigenvalue weighted by molar-refractivity contribution is 5.21. The number of aromatic nitrogens is 2. The second kappa shape index (κ2) is 5.28. The molecule has 1 N–H and O–H groups in total. The van der Waals surface area contributed by atoms with Crippen molar-refractivity contribution in [2.24, 2.45) is 5.92 Å². The fraction of sp³-hybridized carbons (Fsp3) is 0.429. The Morgan fingerprint density at radius 2 is 2.20 bits per heavy atom. The van der Waals surface area contributed by atoms with E-state index in [9.17, 15) is 8.78 Å². The second-order valence-corrected chi connectivity index (χ2v) is 5.17. The maximum Gasteiger partial charge on any atom is 0.229 e. The van der Waals surface area contributed by atoms with Crippen LogP contribution in [-0.4, -0.2) is 23.2 Å². The molecule has 3 rings (SSSR count). The van der Waals surface area contributed by atoms with E-state index in [2.05, 4.69) is 15.5 Å². The minimum absolute atomic E-state index is 0.190. The summed E-state index contributed by atoms with van der Waals surface area (Å²) in [6.45, 7) is 3.94. The van der Waals surface area contributed by atoms with Crippen molar-refractivity contribution in [3.05, 3.63) is 47.1 Å². The van der Waals surface area contributed by atoms with Gasteiger partial charge in [0.15, 0.2) is 5.82 Å². The van der Waals surface area contributed by atoms with E-state index in [1.165, 1.54) is 12.1 Å². The highest BCUT2D eigenvalue weighted by Gasteiger charge is 2.28. The van der Waals surface area contributed by atoms with Crippen molar-refractivity contribution in [1.29, 1.82) is 0 Å². The van der Waals surface area contributed by atoms with Gasteiger partial charge in [0.05, 0.1) is 0 Å². The van der Waals surface area contributed by atoms with Gasteiger partial charge in [-0.05, 0) is 30.6 Å². The number of nitrogens with one attached hydrogen (secondary N) is 1. The summed E-state index contributed by atoms with van der Waals surface area (Å²) in [6.07, 6.45) is 0.200. The van der Waals surface area contributed by atoms with Crippen molar-refractivity contribution >= 4 is 0 Å². The van der Waals surface area contributed by atoms with Crippen LogP contribution in [0.2, 0.25) is 0 Å². The molecular formula is C14H15F2N3O. The van der Waals surface area contributed by atoms with Crippen LogP contribution < -0.4 is 5.32 Å². The van der Waals surface area contributed by atoms with Gasteiger partial charge in [-0.25, -0.2) is 8.78 Å². The Labute approximate surface area is 115 Å². The average molecular weight is 279 g/mol. The summed E-state index contributed by atoms with van der Waals surface area (Å²) >= 11 is 0. The zero-order chi connectivity index (χ0) is 14.1. The van der Waals surface area contributed by atoms with Crippen molar-refractivity contribution in [3.63, 3.8) is 0 Å². The zero-order valence-electron chi connectivity index (χ0n) is 11.1. The summed E-state index contributed by atoms with van der Waals surface area (Å²) < 4.78 is 31.6. The molecule has 0 radical (unpaired) electrons. The van der Waals surface area contributed by atoms with Crippen molar-refractivity contribution in [1.82, 2.24) is 15.5 Å². The first-order valence-electron chi connectivity index (χ1n) is 6.60. The van der Waals surface area contributed by atoms with Crippen molar-refractivity contribution in [2.45, 2.75) is 19.3 Å². The van der Waals surface area contributed by atoms with Crippen LogP contribution in [0.4, 0.5) is 8.78 Å². The molecule has 2 heterocycles. The molecule has 6 heteroatoms. The van der Waals surface area contributed by atoms with Gasteiger partial charge in [-0.2, -0.15) is 4.98 Å². The van der Waals surface area contributed by atoms with Gasteiger partial charge in [-0.1, -0.05) is 18.1 Å². The van der Waals surface area contributed by atoms with E-state index in [-0.39, 0.29) is 12.3 Å². The van der Waals surface area contributed by atoms with Crippen LogP contribution in [0.1, 0.15) is 30.1 Å². The summed E-state index contributed by atoms with van der Waals surface area (Å²) in [6, 6.07) is 3.49. The molecule has 0 aliphatic carbocycles. The predicted octanol–water partition coefficient (Wildman–Crippen LogP) is 2.26. The van der Waals surface area contributed by atoms with Crippen molar-refractivity contribution < 1.29 is 13.3 Å². The summed E-state index contributed by atoms with van der Waals surface area (Å²) in [7, 11) is 0. The van der Waals surface area contributed by atoms with E-state index in [4.69, 9.17) is 4.52 Å². The molecule has 2 aromatic rings. The third-order valence-electron chi connectivity index (χ3n) is 3.76. The monoisotopic (exact) mass is 279 g/mol. The van der Waals surface area contributed by atoms with Gasteiger partial charge in [0, 0.05) is 18.4 Å². The largest absolute Gasteiger partial charge is 0.339 e. The summed E-state index contributed by atoms with van der Waals surface area (Å²) in [4.78, 5) is 4.31. The van der Waals surface area contributed by atoms with Gasteiger partial charge in [0.2, 0.25) is 5.89 Å². The molecule has 0 bridgehead atoms. The molecule has 1 aliphatic rings. The van der Waals surface area contributed by atoms with Crippen LogP contribution in [0.5, 0.6) is 0 Å². The molecule has 106 valence electrons. The smallest absolute Gasteiger partial charge is 0.229 e. The van der Waals surface area contributed by atoms with Crippen LogP contribution in [0.25, 0.3) is 0 Å². The minimum Gasteiger partial charge on any atom is -0.339 e. The molecule has 1 aliphatic heterocycles. The van der Waals surface area contributed by atoms with Gasteiger partial charge >= 0.3 is 0 Å². The lowest BCUT2D eigenvalue weighted by Gasteiger charge is -2.30. The number of hydrogen-bond acceptors (Lipinski definition) is 4. The summed E-state index contributed by atoms with van der Waals surface area (Å²) in [5.74, 6) is 0.513. The summed E-state index contributed by atoms with van der Waals surface area (Å²) in [5.41, 5.74) is 0.358. The van der Waals surface area contributed by atoms with Gasteiger partial charge < -0.3 is 9.84 Å². The van der Waals surface area contributed by atoms with Gasteiger partial charge in [-0.3, -0.25) is 0 Å². The highest BCUT2D eigenvalue weighted by atomic mass is 19.1. The quantitative estimate of drug-likeness (QED) is 0.932. The van der Waals surface area contributed by atoms with Gasteiger partial charge in [-0.15, -0.1) is 0 Å². The first-order chi connectivity index (χ1) is 9.63. The van der Waals surface area contributed by atoms with Crippen LogP contribution in [0.3, 0.4) is 0 Å². The van der Waals surface area contributed by atoms with E-state index in [1.807, 2.05) is 6.92 Å². The Hall–Kier alpha value is -1.82. The Bertz CT molecular complexity index is 610. The fourth-order valence-electron chi connectivity index (χ4n) is 2.23. The van der Waals surface area contributed by atoms with E-state index in [0.717, 1.165) is 19.2 Å². The maximum atomic E-state index is 13.6. The number of nitrogens with zero attached hydrogens (tertiary/aromatic N) is 2. The Kier molecular flexibility index (Phi) is 3.48. The SMILES string of the molecule is CC(c1nc(Cc2ccc(F)cc2F)no1)C1CNC1. The molecule has 1 fully saturated rings. The van der Waals surface area contributed by atoms with E-state index < -0.39 is 11.6 Å². The molecule has 1 aromatic heterocycles. The highest BCUT2D eigenvalue weighted by Crippen LogP contribution is 2.26. The zero-order valence-corrected chi connectivity index (χ0v) is 11.1. The molecule has 1 aromatic carbocycles. The van der Waals surface area contributed by atoms with Crippen molar-refractivity contribution in [2.75, 3.05) is 13.1 Å². The van der Waals surface area contributed by atoms with E-state index in [0.29, 0.717) is 23.2 Å². The molecule has 1 unspecified atom stereocenters. The van der Waals surface area contributed by atoms with Gasteiger partial charge in [0.1, 0.15) is 11.6 Å². The van der Waals surface area contributed by atoms with Crippen LogP contribution in [-0.2, 0) is 6.42 Å². The number of rotatable bonds is 4. The molecule has 0 saturated carbocycles. The van der Waals surface area contributed by atoms with Crippen LogP contribution in [0, 0.1) is 17.6 Å². The molecule has 0 spiro atoms. The van der Waals surface area contributed by atoms with E-state index in [1.54, 1.807) is 0 Å². The molecule has 4 nitrogen and oxygen atoms in total.